The number of halogens is 1. The molecule has 0 aliphatic carbocycles. The third kappa shape index (κ3) is 3.04. The van der Waals surface area contributed by atoms with Gasteiger partial charge < -0.3 is 9.47 Å². The number of pyridine rings is 1. The van der Waals surface area contributed by atoms with E-state index in [1.807, 2.05) is 30.9 Å². The molecule has 23 heavy (non-hydrogen) atoms. The summed E-state index contributed by atoms with van der Waals surface area (Å²) in [5.74, 6) is 1.75. The summed E-state index contributed by atoms with van der Waals surface area (Å²) < 4.78 is 2.17. The zero-order valence-electron chi connectivity index (χ0n) is 12.9. The van der Waals surface area contributed by atoms with Gasteiger partial charge in [-0.05, 0) is 37.0 Å². The van der Waals surface area contributed by atoms with Crippen LogP contribution in [0.3, 0.4) is 0 Å². The number of hydrogen-bond donors (Lipinski definition) is 0. The maximum atomic E-state index is 6.28. The number of imidazole rings is 1. The van der Waals surface area contributed by atoms with Crippen LogP contribution in [0.15, 0.2) is 49.1 Å². The van der Waals surface area contributed by atoms with Crippen LogP contribution in [0.25, 0.3) is 10.9 Å². The minimum Gasteiger partial charge on any atom is -0.357 e. The number of anilines is 1. The van der Waals surface area contributed by atoms with Gasteiger partial charge in [0.1, 0.15) is 5.82 Å². The lowest BCUT2D eigenvalue weighted by Crippen LogP contribution is -2.35. The average molecular weight is 327 g/mol. The Morgan fingerprint density at radius 2 is 2.00 bits per heavy atom. The van der Waals surface area contributed by atoms with E-state index in [-0.39, 0.29) is 0 Å². The fourth-order valence-corrected chi connectivity index (χ4v) is 3.54. The van der Waals surface area contributed by atoms with E-state index in [0.717, 1.165) is 41.4 Å². The Kier molecular flexibility index (Phi) is 3.92. The van der Waals surface area contributed by atoms with E-state index in [1.54, 1.807) is 0 Å². The van der Waals surface area contributed by atoms with Gasteiger partial charge in [-0.15, -0.1) is 0 Å². The highest BCUT2D eigenvalue weighted by atomic mass is 35.5. The summed E-state index contributed by atoms with van der Waals surface area (Å²) in [6, 6.07) is 10.1. The first-order valence-corrected chi connectivity index (χ1v) is 8.43. The van der Waals surface area contributed by atoms with Crippen LogP contribution >= 0.6 is 11.6 Å². The molecule has 1 fully saturated rings. The maximum absolute atomic E-state index is 6.28. The second-order valence-electron chi connectivity index (χ2n) is 6.17. The minimum atomic E-state index is 0.712. The zero-order valence-corrected chi connectivity index (χ0v) is 13.7. The SMILES string of the molecule is Clc1cccc2ccc(N3CCC(Cn4ccnc4)CC3)nc12. The van der Waals surface area contributed by atoms with E-state index in [0.29, 0.717) is 5.92 Å². The topological polar surface area (TPSA) is 34.0 Å². The summed E-state index contributed by atoms with van der Waals surface area (Å²) in [6.45, 7) is 3.15. The molecule has 3 aromatic rings. The number of benzene rings is 1. The molecule has 1 aromatic carbocycles. The molecule has 4 nitrogen and oxygen atoms in total. The van der Waals surface area contributed by atoms with E-state index >= 15 is 0 Å². The van der Waals surface area contributed by atoms with E-state index in [1.165, 1.54) is 12.8 Å². The Balaban J connectivity index is 1.47. The Hall–Kier alpha value is -2.07. The smallest absolute Gasteiger partial charge is 0.129 e. The van der Waals surface area contributed by atoms with Crippen molar-refractivity contribution in [3.05, 3.63) is 54.1 Å². The molecule has 118 valence electrons. The number of aromatic nitrogens is 3. The number of para-hydroxylation sites is 1. The molecular formula is C18H19ClN4. The molecule has 0 atom stereocenters. The molecule has 5 heteroatoms. The molecule has 3 heterocycles. The minimum absolute atomic E-state index is 0.712. The van der Waals surface area contributed by atoms with Crippen molar-refractivity contribution in [1.82, 2.24) is 14.5 Å². The molecule has 0 spiro atoms. The van der Waals surface area contributed by atoms with Crippen molar-refractivity contribution < 1.29 is 0 Å². The Bertz CT molecular complexity index is 792. The maximum Gasteiger partial charge on any atom is 0.129 e. The van der Waals surface area contributed by atoms with Crippen molar-refractivity contribution in [3.63, 3.8) is 0 Å². The standard InChI is InChI=1S/C18H19ClN4/c19-16-3-1-2-15-4-5-17(21-18(15)16)23-9-6-14(7-10-23)12-22-11-8-20-13-22/h1-5,8,11,13-14H,6-7,9-10,12H2. The van der Waals surface area contributed by atoms with E-state index in [2.05, 4.69) is 32.7 Å². The highest BCUT2D eigenvalue weighted by Gasteiger charge is 2.20. The van der Waals surface area contributed by atoms with Crippen molar-refractivity contribution in [2.45, 2.75) is 19.4 Å². The van der Waals surface area contributed by atoms with Gasteiger partial charge in [-0.3, -0.25) is 0 Å². The third-order valence-corrected chi connectivity index (χ3v) is 4.93. The van der Waals surface area contributed by atoms with Crippen molar-refractivity contribution in [1.29, 1.82) is 0 Å². The molecule has 1 saturated heterocycles. The summed E-state index contributed by atoms with van der Waals surface area (Å²) in [4.78, 5) is 11.3. The monoisotopic (exact) mass is 326 g/mol. The normalized spacial score (nSPS) is 16.1. The summed E-state index contributed by atoms with van der Waals surface area (Å²) in [5, 5.41) is 1.82. The van der Waals surface area contributed by atoms with Crippen molar-refractivity contribution in [3.8, 4) is 0 Å². The van der Waals surface area contributed by atoms with Crippen LogP contribution in [0.4, 0.5) is 5.82 Å². The Morgan fingerprint density at radius 1 is 1.13 bits per heavy atom. The van der Waals surface area contributed by atoms with Crippen LogP contribution < -0.4 is 4.90 Å². The van der Waals surface area contributed by atoms with Crippen LogP contribution in [-0.4, -0.2) is 27.6 Å². The number of piperidine rings is 1. The van der Waals surface area contributed by atoms with Crippen molar-refractivity contribution in [2.75, 3.05) is 18.0 Å². The third-order valence-electron chi connectivity index (χ3n) is 4.62. The van der Waals surface area contributed by atoms with Crippen molar-refractivity contribution in [2.24, 2.45) is 5.92 Å². The lowest BCUT2D eigenvalue weighted by atomic mass is 9.96. The molecule has 2 aromatic heterocycles. The Morgan fingerprint density at radius 3 is 2.78 bits per heavy atom. The number of nitrogens with zero attached hydrogens (tertiary/aromatic N) is 4. The molecular weight excluding hydrogens is 308 g/mol. The van der Waals surface area contributed by atoms with Crippen LogP contribution in [-0.2, 0) is 6.54 Å². The highest BCUT2D eigenvalue weighted by molar-refractivity contribution is 6.35. The largest absolute Gasteiger partial charge is 0.357 e. The predicted octanol–water partition coefficient (Wildman–Crippen LogP) is 4.00. The van der Waals surface area contributed by atoms with Gasteiger partial charge in [0.25, 0.3) is 0 Å². The van der Waals surface area contributed by atoms with Gasteiger partial charge >= 0.3 is 0 Å². The fraction of sp³-hybridized carbons (Fsp3) is 0.333. The molecule has 0 amide bonds. The summed E-state index contributed by atoms with van der Waals surface area (Å²) >= 11 is 6.28. The molecule has 0 N–H and O–H groups in total. The van der Waals surface area contributed by atoms with Gasteiger partial charge in [-0.2, -0.15) is 0 Å². The molecule has 0 bridgehead atoms. The van der Waals surface area contributed by atoms with E-state index < -0.39 is 0 Å². The Labute approximate surface area is 140 Å². The average Bonchev–Trinajstić information content (AvgIpc) is 3.09. The van der Waals surface area contributed by atoms with Gasteiger partial charge in [0.2, 0.25) is 0 Å². The quantitative estimate of drug-likeness (QED) is 0.729. The van der Waals surface area contributed by atoms with Crippen LogP contribution in [0.1, 0.15) is 12.8 Å². The van der Waals surface area contributed by atoms with E-state index in [4.69, 9.17) is 16.6 Å². The van der Waals surface area contributed by atoms with Gasteiger partial charge in [0, 0.05) is 37.4 Å². The summed E-state index contributed by atoms with van der Waals surface area (Å²) in [7, 11) is 0. The molecule has 4 rings (SSSR count). The van der Waals surface area contributed by atoms with Gasteiger partial charge in [-0.1, -0.05) is 23.7 Å². The summed E-state index contributed by atoms with van der Waals surface area (Å²) in [6.07, 6.45) is 8.15. The van der Waals surface area contributed by atoms with Gasteiger partial charge in [-0.25, -0.2) is 9.97 Å². The number of fused-ring (bicyclic) bond motifs is 1. The second-order valence-corrected chi connectivity index (χ2v) is 6.58. The van der Waals surface area contributed by atoms with Gasteiger partial charge in [0.05, 0.1) is 16.9 Å². The van der Waals surface area contributed by atoms with E-state index in [9.17, 15) is 0 Å². The van der Waals surface area contributed by atoms with Crippen LogP contribution in [0.2, 0.25) is 5.02 Å². The van der Waals surface area contributed by atoms with Crippen LogP contribution in [0.5, 0.6) is 0 Å². The first-order chi connectivity index (χ1) is 11.3. The molecule has 0 saturated carbocycles. The first-order valence-electron chi connectivity index (χ1n) is 8.05. The molecule has 1 aliphatic rings. The highest BCUT2D eigenvalue weighted by Crippen LogP contribution is 2.27. The zero-order chi connectivity index (χ0) is 15.6. The predicted molar refractivity (Wildman–Crippen MR) is 93.9 cm³/mol. The number of rotatable bonds is 3. The second kappa shape index (κ2) is 6.20. The fourth-order valence-electron chi connectivity index (χ4n) is 3.31. The lowest BCUT2D eigenvalue weighted by Gasteiger charge is -2.33. The first kappa shape index (κ1) is 14.5. The van der Waals surface area contributed by atoms with Gasteiger partial charge in [0.15, 0.2) is 0 Å². The summed E-state index contributed by atoms with van der Waals surface area (Å²) in [5.41, 5.74) is 0.896. The number of hydrogen-bond acceptors (Lipinski definition) is 3. The molecule has 1 aliphatic heterocycles. The lowest BCUT2D eigenvalue weighted by molar-refractivity contribution is 0.356. The molecule has 0 unspecified atom stereocenters. The molecule has 0 radical (unpaired) electrons. The van der Waals surface area contributed by atoms with Crippen LogP contribution in [0, 0.1) is 5.92 Å². The van der Waals surface area contributed by atoms with Crippen molar-refractivity contribution >= 4 is 28.3 Å².